The molecule has 3 N–H and O–H groups in total. The van der Waals surface area contributed by atoms with Gasteiger partial charge in [-0.05, 0) is 40.2 Å². The van der Waals surface area contributed by atoms with Gasteiger partial charge in [-0.3, -0.25) is 14.9 Å². The quantitative estimate of drug-likeness (QED) is 0.368. The molecule has 0 aliphatic carbocycles. The number of carbonyl (C=O) groups excluding carboxylic acids is 1. The van der Waals surface area contributed by atoms with Gasteiger partial charge >= 0.3 is 5.69 Å². The summed E-state index contributed by atoms with van der Waals surface area (Å²) < 4.78 is 0.913. The molecule has 0 atom stereocenters. The van der Waals surface area contributed by atoms with E-state index in [9.17, 15) is 25.1 Å². The number of halogens is 2. The molecule has 0 heterocycles. The monoisotopic (exact) mass is 457 g/mol. The molecular formula is C14H9Br2N3O5. The summed E-state index contributed by atoms with van der Waals surface area (Å²) >= 11 is 6.31. The van der Waals surface area contributed by atoms with Gasteiger partial charge in [-0.1, -0.05) is 15.9 Å². The molecule has 0 bridgehead atoms. The van der Waals surface area contributed by atoms with Crippen molar-refractivity contribution < 1.29 is 19.9 Å². The van der Waals surface area contributed by atoms with Gasteiger partial charge in [0.05, 0.1) is 21.2 Å². The van der Waals surface area contributed by atoms with Crippen LogP contribution in [0.5, 0.6) is 11.5 Å². The number of nitro benzene ring substituents is 1. The summed E-state index contributed by atoms with van der Waals surface area (Å²) in [6.07, 6.45) is 1.18. The highest BCUT2D eigenvalue weighted by Crippen LogP contribution is 2.31. The van der Waals surface area contributed by atoms with Crippen LogP contribution in [0.4, 0.5) is 5.69 Å². The average molecular weight is 459 g/mol. The molecule has 0 saturated heterocycles. The fourth-order valence-electron chi connectivity index (χ4n) is 1.73. The number of nitrogens with zero attached hydrogens (tertiary/aromatic N) is 2. The Morgan fingerprint density at radius 3 is 2.62 bits per heavy atom. The number of rotatable bonds is 4. The van der Waals surface area contributed by atoms with Gasteiger partial charge in [0, 0.05) is 16.1 Å². The van der Waals surface area contributed by atoms with E-state index in [0.717, 1.165) is 12.1 Å². The second kappa shape index (κ2) is 7.41. The Labute approximate surface area is 152 Å². The third-order valence-electron chi connectivity index (χ3n) is 2.85. The van der Waals surface area contributed by atoms with Crippen molar-refractivity contribution in [2.75, 3.05) is 0 Å². The van der Waals surface area contributed by atoms with Gasteiger partial charge < -0.3 is 10.2 Å². The van der Waals surface area contributed by atoms with Crippen LogP contribution in [0.2, 0.25) is 0 Å². The molecule has 0 aliphatic rings. The van der Waals surface area contributed by atoms with Gasteiger partial charge in [0.2, 0.25) is 0 Å². The Balaban J connectivity index is 2.16. The zero-order chi connectivity index (χ0) is 17.9. The number of carbonyl (C=O) groups is 1. The average Bonchev–Trinajstić information content (AvgIpc) is 2.52. The smallest absolute Gasteiger partial charge is 0.311 e. The standard InChI is InChI=1S/C14H9Br2N3O5/c15-8-4-9(13(21)10(16)5-8)14(22)18-17-6-7-1-2-12(20)11(3-7)19(23)24/h1-6,20-21H,(H,18,22)/b17-6-. The van der Waals surface area contributed by atoms with Crippen molar-refractivity contribution in [1.82, 2.24) is 5.43 Å². The highest BCUT2D eigenvalue weighted by Gasteiger charge is 2.15. The minimum absolute atomic E-state index is 0.00918. The maximum atomic E-state index is 12.0. The molecule has 0 saturated carbocycles. The third kappa shape index (κ3) is 4.09. The van der Waals surface area contributed by atoms with Crippen LogP contribution in [0.15, 0.2) is 44.4 Å². The summed E-state index contributed by atoms with van der Waals surface area (Å²) in [7, 11) is 0. The topological polar surface area (TPSA) is 125 Å². The van der Waals surface area contributed by atoms with E-state index >= 15 is 0 Å². The third-order valence-corrected chi connectivity index (χ3v) is 3.91. The van der Waals surface area contributed by atoms with Gasteiger partial charge in [-0.25, -0.2) is 5.43 Å². The van der Waals surface area contributed by atoms with Crippen molar-refractivity contribution in [1.29, 1.82) is 0 Å². The molecular weight excluding hydrogens is 450 g/mol. The van der Waals surface area contributed by atoms with Crippen molar-refractivity contribution in [3.8, 4) is 11.5 Å². The van der Waals surface area contributed by atoms with Crippen LogP contribution in [0.25, 0.3) is 0 Å². The fraction of sp³-hybridized carbons (Fsp3) is 0. The van der Waals surface area contributed by atoms with Gasteiger partial charge in [0.15, 0.2) is 5.75 Å². The molecule has 2 rings (SSSR count). The number of hydrogen-bond donors (Lipinski definition) is 3. The van der Waals surface area contributed by atoms with Crippen LogP contribution in [-0.4, -0.2) is 27.3 Å². The number of phenols is 2. The van der Waals surface area contributed by atoms with E-state index in [4.69, 9.17) is 0 Å². The number of nitrogens with one attached hydrogen (secondary N) is 1. The largest absolute Gasteiger partial charge is 0.506 e. The molecule has 0 aromatic heterocycles. The van der Waals surface area contributed by atoms with E-state index < -0.39 is 22.3 Å². The van der Waals surface area contributed by atoms with E-state index in [0.29, 0.717) is 14.5 Å². The van der Waals surface area contributed by atoms with Crippen LogP contribution in [0.1, 0.15) is 15.9 Å². The summed E-state index contributed by atoms with van der Waals surface area (Å²) in [6.45, 7) is 0. The first-order valence-electron chi connectivity index (χ1n) is 6.28. The number of benzene rings is 2. The van der Waals surface area contributed by atoms with Crippen molar-refractivity contribution in [3.63, 3.8) is 0 Å². The maximum Gasteiger partial charge on any atom is 0.311 e. The molecule has 8 nitrogen and oxygen atoms in total. The lowest BCUT2D eigenvalue weighted by Crippen LogP contribution is -2.17. The minimum atomic E-state index is -0.734. The summed E-state index contributed by atoms with van der Waals surface area (Å²) in [5.41, 5.74) is 2.03. The van der Waals surface area contributed by atoms with E-state index in [1.54, 1.807) is 6.07 Å². The molecule has 24 heavy (non-hydrogen) atoms. The van der Waals surface area contributed by atoms with Gasteiger partial charge in [-0.15, -0.1) is 0 Å². The van der Waals surface area contributed by atoms with Crippen LogP contribution in [0, 0.1) is 10.1 Å². The molecule has 0 unspecified atom stereocenters. The Morgan fingerprint density at radius 1 is 1.25 bits per heavy atom. The summed E-state index contributed by atoms with van der Waals surface area (Å²) in [5.74, 6) is -1.38. The molecule has 0 spiro atoms. The number of hydrazone groups is 1. The SMILES string of the molecule is O=C(N/N=C\c1ccc(O)c([N+](=O)[O-])c1)c1cc(Br)cc(Br)c1O. The van der Waals surface area contributed by atoms with E-state index in [1.165, 1.54) is 18.3 Å². The lowest BCUT2D eigenvalue weighted by atomic mass is 10.2. The zero-order valence-electron chi connectivity index (χ0n) is 11.7. The summed E-state index contributed by atoms with van der Waals surface area (Å²) in [4.78, 5) is 22.0. The fourth-order valence-corrected chi connectivity index (χ4v) is 2.96. The van der Waals surface area contributed by atoms with Crippen molar-refractivity contribution >= 4 is 49.7 Å². The van der Waals surface area contributed by atoms with E-state index in [2.05, 4.69) is 42.4 Å². The number of hydrogen-bond acceptors (Lipinski definition) is 6. The molecule has 10 heteroatoms. The predicted octanol–water partition coefficient (Wildman–Crippen LogP) is 3.29. The maximum absolute atomic E-state index is 12.0. The van der Waals surface area contributed by atoms with E-state index in [1.807, 2.05) is 0 Å². The van der Waals surface area contributed by atoms with Gasteiger partial charge in [-0.2, -0.15) is 5.10 Å². The minimum Gasteiger partial charge on any atom is -0.506 e. The zero-order valence-corrected chi connectivity index (χ0v) is 14.9. The molecule has 0 radical (unpaired) electrons. The van der Waals surface area contributed by atoms with Crippen molar-refractivity contribution in [3.05, 3.63) is 60.5 Å². The van der Waals surface area contributed by atoms with Gasteiger partial charge in [0.1, 0.15) is 5.75 Å². The molecule has 2 aromatic rings. The number of phenolic OH excluding ortho intramolecular Hbond substituents is 2. The van der Waals surface area contributed by atoms with Crippen LogP contribution < -0.4 is 5.43 Å². The molecule has 124 valence electrons. The van der Waals surface area contributed by atoms with Crippen molar-refractivity contribution in [2.45, 2.75) is 0 Å². The molecule has 0 aliphatic heterocycles. The highest BCUT2D eigenvalue weighted by atomic mass is 79.9. The first-order chi connectivity index (χ1) is 11.3. The van der Waals surface area contributed by atoms with Crippen LogP contribution in [0.3, 0.4) is 0 Å². The Morgan fingerprint density at radius 2 is 1.96 bits per heavy atom. The van der Waals surface area contributed by atoms with E-state index in [-0.39, 0.29) is 11.3 Å². The second-order valence-corrected chi connectivity index (χ2v) is 6.26. The molecule has 2 aromatic carbocycles. The highest BCUT2D eigenvalue weighted by molar-refractivity contribution is 9.11. The Hall–Kier alpha value is -2.46. The molecule has 0 fully saturated rings. The first kappa shape index (κ1) is 17.9. The summed E-state index contributed by atoms with van der Waals surface area (Å²) in [6, 6.07) is 6.64. The normalized spacial score (nSPS) is 10.8. The lowest BCUT2D eigenvalue weighted by Gasteiger charge is -2.05. The number of aromatic hydroxyl groups is 2. The van der Waals surface area contributed by atoms with Gasteiger partial charge in [0.25, 0.3) is 5.91 Å². The predicted molar refractivity (Wildman–Crippen MR) is 93.3 cm³/mol. The first-order valence-corrected chi connectivity index (χ1v) is 7.87. The van der Waals surface area contributed by atoms with Crippen LogP contribution >= 0.6 is 31.9 Å². The lowest BCUT2D eigenvalue weighted by molar-refractivity contribution is -0.385. The molecule has 1 amide bonds. The van der Waals surface area contributed by atoms with Crippen molar-refractivity contribution in [2.24, 2.45) is 5.10 Å². The second-order valence-electron chi connectivity index (χ2n) is 4.49. The number of nitro groups is 1. The van der Waals surface area contributed by atoms with Crippen LogP contribution in [-0.2, 0) is 0 Å². The number of amides is 1. The Kier molecular flexibility index (Phi) is 5.52. The summed E-state index contributed by atoms with van der Waals surface area (Å²) in [5, 5.41) is 33.6. The Bertz CT molecular complexity index is 855.